The Balaban J connectivity index is 1.67. The van der Waals surface area contributed by atoms with Crippen LogP contribution < -0.4 is 5.32 Å². The van der Waals surface area contributed by atoms with E-state index in [0.717, 1.165) is 43.1 Å². The first-order chi connectivity index (χ1) is 15.0. The molecule has 5 rings (SSSR count). The van der Waals surface area contributed by atoms with Crippen molar-refractivity contribution in [1.29, 1.82) is 0 Å². The number of carbonyl (C=O) groups excluding carboxylic acids is 1. The fourth-order valence-corrected chi connectivity index (χ4v) is 4.94. The second-order valence-electron chi connectivity index (χ2n) is 8.16. The number of anilines is 1. The number of nitrogens with zero attached hydrogens (tertiary/aromatic N) is 2. The van der Waals surface area contributed by atoms with Gasteiger partial charge in [-0.1, -0.05) is 36.2 Å². The Hall–Kier alpha value is -2.86. The van der Waals surface area contributed by atoms with Gasteiger partial charge in [-0.15, -0.1) is 0 Å². The number of hydrogen-bond acceptors (Lipinski definition) is 4. The summed E-state index contributed by atoms with van der Waals surface area (Å²) in [5.41, 5.74) is 2.72. The van der Waals surface area contributed by atoms with E-state index in [1.165, 1.54) is 6.07 Å². The monoisotopic (exact) mass is 439 g/mol. The highest BCUT2D eigenvalue weighted by molar-refractivity contribution is 6.31. The zero-order chi connectivity index (χ0) is 21.5. The van der Waals surface area contributed by atoms with Crippen LogP contribution in [-0.2, 0) is 9.53 Å². The Morgan fingerprint density at radius 3 is 2.71 bits per heavy atom. The van der Waals surface area contributed by atoms with E-state index >= 15 is 4.39 Å². The van der Waals surface area contributed by atoms with E-state index in [2.05, 4.69) is 10.3 Å². The van der Waals surface area contributed by atoms with Gasteiger partial charge in [-0.05, 0) is 56.9 Å². The molecule has 0 spiro atoms. The molecule has 5 nitrogen and oxygen atoms in total. The van der Waals surface area contributed by atoms with Crippen molar-refractivity contribution in [3.8, 4) is 0 Å². The van der Waals surface area contributed by atoms with E-state index in [0.29, 0.717) is 17.2 Å². The van der Waals surface area contributed by atoms with Crippen LogP contribution >= 0.6 is 11.6 Å². The summed E-state index contributed by atoms with van der Waals surface area (Å²) in [4.78, 5) is 18.1. The van der Waals surface area contributed by atoms with Gasteiger partial charge in [0.15, 0.2) is 0 Å². The van der Waals surface area contributed by atoms with Gasteiger partial charge in [-0.2, -0.15) is 0 Å². The number of ether oxygens (including phenoxy) is 1. The smallest absolute Gasteiger partial charge is 0.338 e. The maximum atomic E-state index is 15.1. The van der Waals surface area contributed by atoms with Crippen LogP contribution in [0.5, 0.6) is 0 Å². The average Bonchev–Trinajstić information content (AvgIpc) is 3.12. The van der Waals surface area contributed by atoms with E-state index in [4.69, 9.17) is 16.3 Å². The van der Waals surface area contributed by atoms with Gasteiger partial charge >= 0.3 is 5.97 Å². The number of esters is 1. The third-order valence-corrected chi connectivity index (χ3v) is 6.48. The van der Waals surface area contributed by atoms with Crippen molar-refractivity contribution in [2.24, 2.45) is 0 Å². The van der Waals surface area contributed by atoms with Gasteiger partial charge in [0, 0.05) is 16.3 Å². The lowest BCUT2D eigenvalue weighted by Gasteiger charge is -2.32. The number of allylic oxidation sites excluding steroid dienone is 1. The summed E-state index contributed by atoms with van der Waals surface area (Å²) in [6.07, 6.45) is 4.86. The molecule has 1 fully saturated rings. The topological polar surface area (TPSA) is 56.2 Å². The lowest BCUT2D eigenvalue weighted by molar-refractivity contribution is -0.146. The van der Waals surface area contributed by atoms with Crippen molar-refractivity contribution in [2.45, 2.75) is 51.2 Å². The van der Waals surface area contributed by atoms with Crippen LogP contribution in [0.2, 0.25) is 5.02 Å². The van der Waals surface area contributed by atoms with Crippen molar-refractivity contribution in [3.05, 3.63) is 70.1 Å². The first-order valence-corrected chi connectivity index (χ1v) is 11.0. The maximum Gasteiger partial charge on any atom is 0.338 e. The molecule has 1 saturated carbocycles. The van der Waals surface area contributed by atoms with Crippen molar-refractivity contribution < 1.29 is 13.9 Å². The van der Waals surface area contributed by atoms with Crippen molar-refractivity contribution in [2.75, 3.05) is 5.32 Å². The second-order valence-corrected chi connectivity index (χ2v) is 8.57. The van der Waals surface area contributed by atoms with Gasteiger partial charge in [0.1, 0.15) is 18.0 Å². The first-order valence-electron chi connectivity index (χ1n) is 10.6. The SMILES string of the molecule is CC1=C(C(=O)OC2CCCCC2)[C@H](c2c(F)cccc2Cl)n2c(nc3ccccc32)N1. The maximum absolute atomic E-state index is 15.1. The summed E-state index contributed by atoms with van der Waals surface area (Å²) in [6.45, 7) is 1.79. The molecule has 31 heavy (non-hydrogen) atoms. The third kappa shape index (κ3) is 3.49. The summed E-state index contributed by atoms with van der Waals surface area (Å²) in [6, 6.07) is 11.4. The van der Waals surface area contributed by atoms with Crippen LogP contribution in [0.25, 0.3) is 11.0 Å². The quantitative estimate of drug-likeness (QED) is 0.509. The van der Waals surface area contributed by atoms with Crippen LogP contribution in [0.4, 0.5) is 10.3 Å². The molecule has 160 valence electrons. The Morgan fingerprint density at radius 2 is 1.94 bits per heavy atom. The highest BCUT2D eigenvalue weighted by Crippen LogP contribution is 2.43. The molecule has 1 aliphatic heterocycles. The zero-order valence-electron chi connectivity index (χ0n) is 17.2. The number of carbonyl (C=O) groups is 1. The number of aromatic nitrogens is 2. The largest absolute Gasteiger partial charge is 0.459 e. The molecule has 0 radical (unpaired) electrons. The first kappa shape index (κ1) is 20.1. The van der Waals surface area contributed by atoms with Gasteiger partial charge in [-0.25, -0.2) is 14.2 Å². The molecule has 0 unspecified atom stereocenters. The highest BCUT2D eigenvalue weighted by Gasteiger charge is 2.38. The van der Waals surface area contributed by atoms with Gasteiger partial charge in [0.2, 0.25) is 5.95 Å². The molecule has 0 bridgehead atoms. The molecular formula is C24H23ClFN3O2. The number of para-hydroxylation sites is 2. The van der Waals surface area contributed by atoms with Crippen molar-refractivity contribution >= 4 is 34.6 Å². The number of fused-ring (bicyclic) bond motifs is 3. The predicted octanol–water partition coefficient (Wildman–Crippen LogP) is 5.99. The van der Waals surface area contributed by atoms with Crippen LogP contribution in [-0.4, -0.2) is 21.6 Å². The van der Waals surface area contributed by atoms with Crippen molar-refractivity contribution in [3.63, 3.8) is 0 Å². The van der Waals surface area contributed by atoms with Gasteiger partial charge in [0.05, 0.1) is 16.6 Å². The molecule has 0 amide bonds. The molecule has 7 heteroatoms. The second kappa shape index (κ2) is 8.00. The minimum Gasteiger partial charge on any atom is -0.459 e. The molecule has 1 aliphatic carbocycles. The summed E-state index contributed by atoms with van der Waals surface area (Å²) in [5, 5.41) is 3.48. The zero-order valence-corrected chi connectivity index (χ0v) is 18.0. The standard InChI is InChI=1S/C24H23ClFN3O2/c1-14-20(23(30)31-15-8-3-2-4-9-15)22(21-16(25)10-7-11-17(21)26)29-19-13-6-5-12-18(19)28-24(29)27-14/h5-7,10-13,15,22H,2-4,8-9H2,1H3,(H,27,28)/t22-/m1/s1. The minimum atomic E-state index is -0.784. The van der Waals surface area contributed by atoms with Crippen LogP contribution in [0.15, 0.2) is 53.7 Å². The lowest BCUT2D eigenvalue weighted by Crippen LogP contribution is -2.32. The highest BCUT2D eigenvalue weighted by atomic mass is 35.5. The Labute approximate surface area is 184 Å². The number of rotatable bonds is 3. The Kier molecular flexibility index (Phi) is 5.18. The molecule has 0 saturated heterocycles. The Morgan fingerprint density at radius 1 is 1.16 bits per heavy atom. The summed E-state index contributed by atoms with van der Waals surface area (Å²) in [7, 11) is 0. The molecule has 1 aromatic heterocycles. The van der Waals surface area contributed by atoms with Crippen LogP contribution in [0.1, 0.15) is 50.6 Å². The summed E-state index contributed by atoms with van der Waals surface area (Å²) >= 11 is 6.49. The van der Waals surface area contributed by atoms with Gasteiger partial charge < -0.3 is 10.1 Å². The number of imidazole rings is 1. The Bertz CT molecular complexity index is 1180. The fourth-order valence-electron chi connectivity index (χ4n) is 4.67. The van der Waals surface area contributed by atoms with Crippen LogP contribution in [0, 0.1) is 5.82 Å². The molecule has 1 atom stereocenters. The van der Waals surface area contributed by atoms with E-state index in [1.54, 1.807) is 19.1 Å². The molecule has 2 aliphatic rings. The van der Waals surface area contributed by atoms with E-state index in [9.17, 15) is 4.79 Å². The normalized spacial score (nSPS) is 19.3. The summed E-state index contributed by atoms with van der Waals surface area (Å²) in [5.74, 6) is -0.374. The fraction of sp³-hybridized carbons (Fsp3) is 0.333. The third-order valence-electron chi connectivity index (χ3n) is 6.15. The molecular weight excluding hydrogens is 417 g/mol. The van der Waals surface area contributed by atoms with Crippen molar-refractivity contribution in [1.82, 2.24) is 9.55 Å². The summed E-state index contributed by atoms with van der Waals surface area (Å²) < 4.78 is 22.9. The number of halogens is 2. The average molecular weight is 440 g/mol. The minimum absolute atomic E-state index is 0.112. The molecule has 2 aromatic carbocycles. The van der Waals surface area contributed by atoms with E-state index in [1.807, 2.05) is 28.8 Å². The van der Waals surface area contributed by atoms with Crippen LogP contribution in [0.3, 0.4) is 0 Å². The number of benzene rings is 2. The van der Waals surface area contributed by atoms with E-state index in [-0.39, 0.29) is 16.7 Å². The van der Waals surface area contributed by atoms with Gasteiger partial charge in [0.25, 0.3) is 0 Å². The molecule has 1 N–H and O–H groups in total. The molecule has 2 heterocycles. The van der Waals surface area contributed by atoms with Gasteiger partial charge in [-0.3, -0.25) is 4.57 Å². The molecule has 3 aromatic rings. The van der Waals surface area contributed by atoms with E-state index < -0.39 is 17.8 Å². The lowest BCUT2D eigenvalue weighted by atomic mass is 9.93. The number of hydrogen-bond donors (Lipinski definition) is 1. The predicted molar refractivity (Wildman–Crippen MR) is 119 cm³/mol. The number of nitrogens with one attached hydrogen (secondary N) is 1.